The highest BCUT2D eigenvalue weighted by atomic mass is 32.2. The van der Waals surface area contributed by atoms with Crippen LogP contribution in [0.25, 0.3) is 10.9 Å². The normalized spacial score (nSPS) is 17.0. The molecular weight excluding hydrogens is 416 g/mol. The van der Waals surface area contributed by atoms with Gasteiger partial charge in [0.1, 0.15) is 0 Å². The van der Waals surface area contributed by atoms with Gasteiger partial charge in [-0.2, -0.15) is 0 Å². The van der Waals surface area contributed by atoms with Crippen molar-refractivity contribution in [3.8, 4) is 0 Å². The number of amides is 1. The van der Waals surface area contributed by atoms with Gasteiger partial charge in [-0.05, 0) is 37.0 Å². The van der Waals surface area contributed by atoms with Crippen LogP contribution in [0.5, 0.6) is 0 Å². The van der Waals surface area contributed by atoms with Crippen LogP contribution in [-0.2, 0) is 29.0 Å². The highest BCUT2D eigenvalue weighted by Crippen LogP contribution is 2.34. The molecule has 1 aliphatic carbocycles. The highest BCUT2D eigenvalue weighted by Gasteiger charge is 2.31. The molecular formula is C22H22N4O4S. The molecule has 0 spiro atoms. The maximum atomic E-state index is 12.9. The number of ether oxygens (including phenoxy) is 1. The molecule has 160 valence electrons. The third kappa shape index (κ3) is 3.68. The molecule has 1 atom stereocenters. The molecule has 1 amide bonds. The van der Waals surface area contributed by atoms with Gasteiger partial charge in [-0.25, -0.2) is 4.98 Å². The van der Waals surface area contributed by atoms with Crippen molar-refractivity contribution in [1.82, 2.24) is 14.5 Å². The first kappa shape index (κ1) is 20.0. The summed E-state index contributed by atoms with van der Waals surface area (Å²) in [6, 6.07) is 6.70. The predicted octanol–water partition coefficient (Wildman–Crippen LogP) is 2.40. The number of anilines is 1. The summed E-state index contributed by atoms with van der Waals surface area (Å²) in [6.07, 6.45) is 2.79. The minimum Gasteiger partial charge on any atom is -0.380 e. The summed E-state index contributed by atoms with van der Waals surface area (Å²) in [7, 11) is 1.58. The van der Waals surface area contributed by atoms with Gasteiger partial charge in [0.05, 0.1) is 23.9 Å². The maximum absolute atomic E-state index is 12.9. The fourth-order valence-corrected chi connectivity index (χ4v) is 5.57. The number of H-pyrrole nitrogens is 1. The molecule has 0 saturated heterocycles. The van der Waals surface area contributed by atoms with Gasteiger partial charge in [-0.3, -0.25) is 19.0 Å². The lowest BCUT2D eigenvalue weighted by Gasteiger charge is -2.15. The summed E-state index contributed by atoms with van der Waals surface area (Å²) < 4.78 is 6.87. The van der Waals surface area contributed by atoms with Crippen LogP contribution in [0.3, 0.4) is 0 Å². The predicted molar refractivity (Wildman–Crippen MR) is 119 cm³/mol. The number of hydrogen-bond donors (Lipinski definition) is 2. The second-order valence-corrected chi connectivity index (χ2v) is 8.90. The Morgan fingerprint density at radius 3 is 3.03 bits per heavy atom. The van der Waals surface area contributed by atoms with Crippen LogP contribution in [-0.4, -0.2) is 33.3 Å². The topological polar surface area (TPSA) is 106 Å². The van der Waals surface area contributed by atoms with Crippen molar-refractivity contribution in [3.63, 3.8) is 0 Å². The number of carbonyl (C=O) groups is 1. The lowest BCUT2D eigenvalue weighted by molar-refractivity contribution is -0.116. The molecule has 2 N–H and O–H groups in total. The van der Waals surface area contributed by atoms with Gasteiger partial charge in [0.15, 0.2) is 5.16 Å². The van der Waals surface area contributed by atoms with E-state index in [1.54, 1.807) is 23.8 Å². The Hall–Kier alpha value is -2.91. The van der Waals surface area contributed by atoms with Gasteiger partial charge in [0.25, 0.3) is 5.56 Å². The molecule has 0 saturated carbocycles. The molecule has 3 aromatic rings. The summed E-state index contributed by atoms with van der Waals surface area (Å²) in [5.41, 5.74) is 3.53. The molecule has 0 radical (unpaired) electrons. The van der Waals surface area contributed by atoms with Gasteiger partial charge in [0.2, 0.25) is 11.5 Å². The van der Waals surface area contributed by atoms with Gasteiger partial charge in [-0.1, -0.05) is 17.8 Å². The first-order chi connectivity index (χ1) is 15.0. The number of methoxy groups -OCH3 is 1. The Morgan fingerprint density at radius 2 is 2.19 bits per heavy atom. The van der Waals surface area contributed by atoms with E-state index in [0.29, 0.717) is 23.6 Å². The van der Waals surface area contributed by atoms with Crippen LogP contribution < -0.4 is 16.4 Å². The third-order valence-electron chi connectivity index (χ3n) is 5.81. The van der Waals surface area contributed by atoms with Crippen LogP contribution in [0.4, 0.5) is 5.69 Å². The van der Waals surface area contributed by atoms with E-state index in [2.05, 4.69) is 15.3 Å². The number of aryl methyl sites for hydroxylation is 1. The SMILES string of the molecule is COCc1cc(=O)[nH]c2cc(NC(=O)CC3CSc4nc5c(c(=O)n43)CCC5)ccc12. The molecule has 2 aliphatic rings. The second-order valence-electron chi connectivity index (χ2n) is 7.92. The van der Waals surface area contributed by atoms with E-state index in [9.17, 15) is 14.4 Å². The largest absolute Gasteiger partial charge is 0.380 e. The molecule has 31 heavy (non-hydrogen) atoms. The van der Waals surface area contributed by atoms with E-state index < -0.39 is 0 Å². The lowest BCUT2D eigenvalue weighted by atomic mass is 10.1. The fourth-order valence-electron chi connectivity index (χ4n) is 4.41. The van der Waals surface area contributed by atoms with E-state index in [1.165, 1.54) is 17.8 Å². The van der Waals surface area contributed by atoms with Crippen LogP contribution in [0.15, 0.2) is 39.0 Å². The van der Waals surface area contributed by atoms with Crippen molar-refractivity contribution in [3.05, 3.63) is 61.8 Å². The number of hydrogen-bond acceptors (Lipinski definition) is 6. The van der Waals surface area contributed by atoms with Gasteiger partial charge in [-0.15, -0.1) is 0 Å². The first-order valence-corrected chi connectivity index (χ1v) is 11.2. The van der Waals surface area contributed by atoms with E-state index >= 15 is 0 Å². The molecule has 1 aliphatic heterocycles. The van der Waals surface area contributed by atoms with Gasteiger partial charge >= 0.3 is 0 Å². The summed E-state index contributed by atoms with van der Waals surface area (Å²) in [6.45, 7) is 0.331. The minimum atomic E-state index is -0.220. The highest BCUT2D eigenvalue weighted by molar-refractivity contribution is 7.99. The van der Waals surface area contributed by atoms with E-state index in [1.807, 2.05) is 6.07 Å². The number of thioether (sulfide) groups is 1. The van der Waals surface area contributed by atoms with Crippen molar-refractivity contribution >= 4 is 34.3 Å². The van der Waals surface area contributed by atoms with E-state index in [-0.39, 0.29) is 29.5 Å². The molecule has 1 unspecified atom stereocenters. The van der Waals surface area contributed by atoms with Crippen molar-refractivity contribution in [1.29, 1.82) is 0 Å². The Labute approximate surface area is 182 Å². The van der Waals surface area contributed by atoms with Crippen LogP contribution in [0, 0.1) is 0 Å². The Morgan fingerprint density at radius 1 is 1.32 bits per heavy atom. The zero-order chi connectivity index (χ0) is 21.5. The Balaban J connectivity index is 1.36. The second kappa shape index (κ2) is 7.97. The zero-order valence-electron chi connectivity index (χ0n) is 17.1. The van der Waals surface area contributed by atoms with Crippen molar-refractivity contribution < 1.29 is 9.53 Å². The number of fused-ring (bicyclic) bond motifs is 3. The fraction of sp³-hybridized carbons (Fsp3) is 0.364. The summed E-state index contributed by atoms with van der Waals surface area (Å²) in [4.78, 5) is 45.0. The zero-order valence-corrected chi connectivity index (χ0v) is 17.9. The molecule has 9 heteroatoms. The van der Waals surface area contributed by atoms with Crippen LogP contribution in [0.1, 0.15) is 35.7 Å². The summed E-state index contributed by atoms with van der Waals surface area (Å²) in [5, 5.41) is 4.48. The number of aromatic nitrogens is 3. The van der Waals surface area contributed by atoms with Crippen molar-refractivity contribution in [2.24, 2.45) is 0 Å². The number of nitrogens with one attached hydrogen (secondary N) is 2. The number of carbonyl (C=O) groups excluding carboxylic acids is 1. The molecule has 0 fully saturated rings. The standard InChI is InChI=1S/C22H22N4O4S/c1-30-10-12-7-19(27)24-18-8-13(5-6-15(12)18)23-20(28)9-14-11-31-22-25-17-4-2-3-16(17)21(29)26(14)22/h5-8,14H,2-4,9-11H2,1H3,(H,23,28)(H,24,27). The molecule has 2 aromatic heterocycles. The van der Waals surface area contributed by atoms with Crippen molar-refractivity contribution in [2.45, 2.75) is 43.5 Å². The monoisotopic (exact) mass is 438 g/mol. The number of rotatable bonds is 5. The number of nitrogens with zero attached hydrogens (tertiary/aromatic N) is 2. The quantitative estimate of drug-likeness (QED) is 0.593. The number of aromatic amines is 1. The minimum absolute atomic E-state index is 0.00857. The average molecular weight is 439 g/mol. The van der Waals surface area contributed by atoms with Gasteiger partial charge < -0.3 is 15.0 Å². The van der Waals surface area contributed by atoms with Crippen LogP contribution >= 0.6 is 11.8 Å². The molecule has 3 heterocycles. The maximum Gasteiger partial charge on any atom is 0.257 e. The third-order valence-corrected chi connectivity index (χ3v) is 6.90. The molecule has 1 aromatic carbocycles. The smallest absolute Gasteiger partial charge is 0.257 e. The molecule has 5 rings (SSSR count). The molecule has 8 nitrogen and oxygen atoms in total. The van der Waals surface area contributed by atoms with Crippen LogP contribution in [0.2, 0.25) is 0 Å². The Kier molecular flexibility index (Phi) is 5.15. The van der Waals surface area contributed by atoms with Gasteiger partial charge in [0, 0.05) is 42.0 Å². The average Bonchev–Trinajstić information content (AvgIpc) is 3.35. The number of benzene rings is 1. The number of pyridine rings is 1. The van der Waals surface area contributed by atoms with Crippen molar-refractivity contribution in [2.75, 3.05) is 18.2 Å². The lowest BCUT2D eigenvalue weighted by Crippen LogP contribution is -2.30. The first-order valence-electron chi connectivity index (χ1n) is 10.3. The Bertz CT molecular complexity index is 1310. The molecule has 0 bridgehead atoms. The summed E-state index contributed by atoms with van der Waals surface area (Å²) in [5.74, 6) is 0.477. The van der Waals surface area contributed by atoms with E-state index in [4.69, 9.17) is 4.74 Å². The summed E-state index contributed by atoms with van der Waals surface area (Å²) >= 11 is 1.53. The van der Waals surface area contributed by atoms with E-state index in [0.717, 1.165) is 46.6 Å².